The third-order valence-corrected chi connectivity index (χ3v) is 4.70. The van der Waals surface area contributed by atoms with E-state index in [1.165, 1.54) is 12.1 Å². The van der Waals surface area contributed by atoms with E-state index in [1.54, 1.807) is 12.3 Å². The van der Waals surface area contributed by atoms with Crippen molar-refractivity contribution in [1.82, 2.24) is 9.97 Å². The van der Waals surface area contributed by atoms with Crippen molar-refractivity contribution in [2.24, 2.45) is 0 Å². The van der Waals surface area contributed by atoms with E-state index in [4.69, 9.17) is 4.42 Å². The SMILES string of the molecule is Cc1ccc2c(n1)oc1c(-c3cc(-c4cccc(F)c4)ccn3)cccc12. The molecule has 3 heterocycles. The van der Waals surface area contributed by atoms with Crippen molar-refractivity contribution < 1.29 is 8.81 Å². The van der Waals surface area contributed by atoms with Crippen LogP contribution in [-0.2, 0) is 0 Å². The van der Waals surface area contributed by atoms with Gasteiger partial charge in [0.15, 0.2) is 0 Å². The molecule has 0 fully saturated rings. The molecule has 5 aromatic rings. The quantitative estimate of drug-likeness (QED) is 0.381. The molecule has 3 nitrogen and oxygen atoms in total. The predicted molar refractivity (Wildman–Crippen MR) is 105 cm³/mol. The lowest BCUT2D eigenvalue weighted by atomic mass is 10.0. The molecule has 0 N–H and O–H groups in total. The van der Waals surface area contributed by atoms with E-state index in [2.05, 4.69) is 9.97 Å². The zero-order valence-corrected chi connectivity index (χ0v) is 14.6. The molecule has 0 spiro atoms. The fraction of sp³-hybridized carbons (Fsp3) is 0.0435. The van der Waals surface area contributed by atoms with Crippen LogP contribution in [0.3, 0.4) is 0 Å². The molecule has 0 unspecified atom stereocenters. The summed E-state index contributed by atoms with van der Waals surface area (Å²) in [7, 11) is 0. The van der Waals surface area contributed by atoms with Gasteiger partial charge < -0.3 is 4.42 Å². The van der Waals surface area contributed by atoms with Crippen molar-refractivity contribution in [3.8, 4) is 22.4 Å². The number of nitrogens with zero attached hydrogens (tertiary/aromatic N) is 2. The highest BCUT2D eigenvalue weighted by molar-refractivity contribution is 6.08. The standard InChI is InChI=1S/C23H15FN2O/c1-14-8-9-19-18-6-3-7-20(22(18)27-23(19)26-14)21-13-16(10-11-25-21)15-4-2-5-17(24)12-15/h2-13H,1H3. The Morgan fingerprint density at radius 2 is 1.70 bits per heavy atom. The molecule has 0 atom stereocenters. The number of hydrogen-bond donors (Lipinski definition) is 0. The van der Waals surface area contributed by atoms with Gasteiger partial charge in [-0.05, 0) is 60.5 Å². The first-order chi connectivity index (χ1) is 13.2. The third-order valence-electron chi connectivity index (χ3n) is 4.70. The van der Waals surface area contributed by atoms with Crippen LogP contribution in [0.4, 0.5) is 4.39 Å². The summed E-state index contributed by atoms with van der Waals surface area (Å²) in [5.74, 6) is -0.258. The van der Waals surface area contributed by atoms with E-state index in [-0.39, 0.29) is 5.82 Å². The molecule has 3 aromatic heterocycles. The number of benzene rings is 2. The summed E-state index contributed by atoms with van der Waals surface area (Å²) in [6.45, 7) is 1.94. The Bertz CT molecular complexity index is 1310. The topological polar surface area (TPSA) is 38.9 Å². The normalized spacial score (nSPS) is 11.3. The van der Waals surface area contributed by atoms with Crippen molar-refractivity contribution in [2.45, 2.75) is 6.92 Å². The molecule has 0 aliphatic carbocycles. The van der Waals surface area contributed by atoms with Gasteiger partial charge in [-0.15, -0.1) is 0 Å². The largest absolute Gasteiger partial charge is 0.437 e. The maximum Gasteiger partial charge on any atom is 0.227 e. The van der Waals surface area contributed by atoms with Gasteiger partial charge in [0.05, 0.1) is 5.69 Å². The van der Waals surface area contributed by atoms with Crippen LogP contribution in [0.5, 0.6) is 0 Å². The first-order valence-electron chi connectivity index (χ1n) is 8.70. The number of pyridine rings is 2. The Kier molecular flexibility index (Phi) is 3.50. The summed E-state index contributed by atoms with van der Waals surface area (Å²) in [6.07, 6.45) is 1.74. The van der Waals surface area contributed by atoms with Crippen LogP contribution < -0.4 is 0 Å². The number of halogens is 1. The smallest absolute Gasteiger partial charge is 0.227 e. The molecule has 0 amide bonds. The van der Waals surface area contributed by atoms with Crippen LogP contribution in [-0.4, -0.2) is 9.97 Å². The molecule has 0 saturated carbocycles. The van der Waals surface area contributed by atoms with E-state index in [0.29, 0.717) is 5.71 Å². The predicted octanol–water partition coefficient (Wildman–Crippen LogP) is 6.16. The number of hydrogen-bond acceptors (Lipinski definition) is 3. The average Bonchev–Trinajstić information content (AvgIpc) is 3.05. The summed E-state index contributed by atoms with van der Waals surface area (Å²) in [4.78, 5) is 9.02. The highest BCUT2D eigenvalue weighted by Gasteiger charge is 2.14. The second-order valence-corrected chi connectivity index (χ2v) is 6.53. The summed E-state index contributed by atoms with van der Waals surface area (Å²) in [5, 5.41) is 1.99. The minimum Gasteiger partial charge on any atom is -0.437 e. The molecule has 0 radical (unpaired) electrons. The number of para-hydroxylation sites is 1. The van der Waals surface area contributed by atoms with E-state index in [0.717, 1.165) is 44.4 Å². The summed E-state index contributed by atoms with van der Waals surface area (Å²) >= 11 is 0. The van der Waals surface area contributed by atoms with Gasteiger partial charge in [0.25, 0.3) is 0 Å². The van der Waals surface area contributed by atoms with Crippen LogP contribution in [0.2, 0.25) is 0 Å². The maximum absolute atomic E-state index is 13.6. The minimum absolute atomic E-state index is 0.258. The average molecular weight is 354 g/mol. The summed E-state index contributed by atoms with van der Waals surface area (Å²) < 4.78 is 19.7. The maximum atomic E-state index is 13.6. The van der Waals surface area contributed by atoms with E-state index < -0.39 is 0 Å². The van der Waals surface area contributed by atoms with Gasteiger partial charge in [-0.2, -0.15) is 0 Å². The molecule has 2 aromatic carbocycles. The van der Waals surface area contributed by atoms with Crippen LogP contribution in [0, 0.1) is 12.7 Å². The zero-order valence-electron chi connectivity index (χ0n) is 14.6. The number of rotatable bonds is 2. The van der Waals surface area contributed by atoms with Crippen molar-refractivity contribution in [3.05, 3.63) is 84.4 Å². The first kappa shape index (κ1) is 15.7. The zero-order chi connectivity index (χ0) is 18.4. The molecule has 0 aliphatic heterocycles. The Hall–Kier alpha value is -3.53. The van der Waals surface area contributed by atoms with E-state index in [1.807, 2.05) is 55.5 Å². The second-order valence-electron chi connectivity index (χ2n) is 6.53. The van der Waals surface area contributed by atoms with Crippen molar-refractivity contribution in [3.63, 3.8) is 0 Å². The van der Waals surface area contributed by atoms with Gasteiger partial charge in [-0.3, -0.25) is 4.98 Å². The van der Waals surface area contributed by atoms with Gasteiger partial charge in [0, 0.05) is 28.2 Å². The van der Waals surface area contributed by atoms with Crippen molar-refractivity contribution in [1.29, 1.82) is 0 Å². The molecule has 4 heteroatoms. The molecule has 5 rings (SSSR count). The highest BCUT2D eigenvalue weighted by atomic mass is 19.1. The number of aromatic nitrogens is 2. The lowest BCUT2D eigenvalue weighted by Crippen LogP contribution is -1.86. The van der Waals surface area contributed by atoms with Gasteiger partial charge in [-0.1, -0.05) is 24.3 Å². The van der Waals surface area contributed by atoms with Gasteiger partial charge in [0.1, 0.15) is 11.4 Å². The van der Waals surface area contributed by atoms with Crippen LogP contribution in [0.1, 0.15) is 5.69 Å². The lowest BCUT2D eigenvalue weighted by molar-refractivity contribution is 0.628. The minimum atomic E-state index is -0.258. The number of furan rings is 1. The van der Waals surface area contributed by atoms with E-state index >= 15 is 0 Å². The highest BCUT2D eigenvalue weighted by Crippen LogP contribution is 2.35. The first-order valence-corrected chi connectivity index (χ1v) is 8.70. The molecule has 0 bridgehead atoms. The molecule has 130 valence electrons. The van der Waals surface area contributed by atoms with Crippen LogP contribution in [0.25, 0.3) is 44.5 Å². The second kappa shape index (κ2) is 6.02. The Morgan fingerprint density at radius 3 is 2.59 bits per heavy atom. The lowest BCUT2D eigenvalue weighted by Gasteiger charge is -2.06. The summed E-state index contributed by atoms with van der Waals surface area (Å²) in [6, 6.07) is 20.4. The third kappa shape index (κ3) is 2.66. The van der Waals surface area contributed by atoms with Gasteiger partial charge >= 0.3 is 0 Å². The van der Waals surface area contributed by atoms with E-state index in [9.17, 15) is 4.39 Å². The van der Waals surface area contributed by atoms with Crippen LogP contribution in [0.15, 0.2) is 77.3 Å². The Labute approximate surface area is 155 Å². The Morgan fingerprint density at radius 1 is 0.852 bits per heavy atom. The monoisotopic (exact) mass is 354 g/mol. The van der Waals surface area contributed by atoms with Crippen molar-refractivity contribution >= 4 is 22.1 Å². The number of aryl methyl sites for hydroxylation is 1. The summed E-state index contributed by atoms with van der Waals surface area (Å²) in [5.41, 5.74) is 5.68. The molecule has 0 aliphatic rings. The fourth-order valence-corrected chi connectivity index (χ4v) is 3.40. The number of fused-ring (bicyclic) bond motifs is 3. The van der Waals surface area contributed by atoms with Crippen LogP contribution >= 0.6 is 0 Å². The molecular weight excluding hydrogens is 339 g/mol. The van der Waals surface area contributed by atoms with Crippen molar-refractivity contribution in [2.75, 3.05) is 0 Å². The molecular formula is C23H15FN2O. The Balaban J connectivity index is 1.72. The fourth-order valence-electron chi connectivity index (χ4n) is 3.40. The molecule has 0 saturated heterocycles. The van der Waals surface area contributed by atoms with Gasteiger partial charge in [-0.25, -0.2) is 9.37 Å². The van der Waals surface area contributed by atoms with Gasteiger partial charge in [0.2, 0.25) is 5.71 Å². The molecule has 27 heavy (non-hydrogen) atoms.